The van der Waals surface area contributed by atoms with E-state index in [1.807, 2.05) is 6.26 Å². The van der Waals surface area contributed by atoms with Crippen molar-refractivity contribution in [1.82, 2.24) is 5.32 Å². The van der Waals surface area contributed by atoms with Crippen LogP contribution in [0.15, 0.2) is 40.5 Å². The molecule has 0 saturated heterocycles. The van der Waals surface area contributed by atoms with Crippen LogP contribution in [0.2, 0.25) is 0 Å². The normalized spacial score (nSPS) is 16.6. The third-order valence-electron chi connectivity index (χ3n) is 3.91. The number of hydrogen-bond donors (Lipinski definition) is 1. The second-order valence-corrected chi connectivity index (χ2v) is 5.74. The summed E-state index contributed by atoms with van der Waals surface area (Å²) in [5.41, 5.74) is 3.50. The first-order valence-corrected chi connectivity index (χ1v) is 7.82. The molecule has 1 aromatic carbocycles. The van der Waals surface area contributed by atoms with Gasteiger partial charge in [-0.3, -0.25) is 0 Å². The van der Waals surface area contributed by atoms with Gasteiger partial charge in [0.1, 0.15) is 11.3 Å². The molecule has 0 radical (unpaired) electrons. The van der Waals surface area contributed by atoms with Crippen molar-refractivity contribution in [3.63, 3.8) is 0 Å². The van der Waals surface area contributed by atoms with Gasteiger partial charge in [0.2, 0.25) is 0 Å². The highest BCUT2D eigenvalue weighted by Gasteiger charge is 2.22. The minimum atomic E-state index is 0.123. The Bertz CT molecular complexity index is 642. The van der Waals surface area contributed by atoms with Crippen LogP contribution in [-0.4, -0.2) is 13.2 Å². The second kappa shape index (κ2) is 6.35. The number of fused-ring (bicyclic) bond motifs is 1. The molecule has 0 saturated carbocycles. The maximum absolute atomic E-state index is 6.08. The van der Waals surface area contributed by atoms with E-state index in [0.29, 0.717) is 0 Å². The van der Waals surface area contributed by atoms with Crippen LogP contribution in [0.5, 0.6) is 0 Å². The molecule has 3 rings (SSSR count). The van der Waals surface area contributed by atoms with Gasteiger partial charge in [-0.25, -0.2) is 0 Å². The maximum Gasteiger partial charge on any atom is 0.134 e. The average molecular weight is 285 g/mol. The van der Waals surface area contributed by atoms with Crippen LogP contribution in [0.3, 0.4) is 0 Å². The monoisotopic (exact) mass is 285 g/mol. The van der Waals surface area contributed by atoms with Crippen LogP contribution < -0.4 is 5.32 Å². The quantitative estimate of drug-likeness (QED) is 0.879. The summed E-state index contributed by atoms with van der Waals surface area (Å²) in [7, 11) is 0. The van der Waals surface area contributed by atoms with Crippen LogP contribution in [0, 0.1) is 6.92 Å². The smallest absolute Gasteiger partial charge is 0.134 e. The molecule has 0 fully saturated rings. The molecule has 21 heavy (non-hydrogen) atoms. The molecule has 2 heterocycles. The summed E-state index contributed by atoms with van der Waals surface area (Å²) in [4.78, 5) is 0. The van der Waals surface area contributed by atoms with E-state index in [0.717, 1.165) is 43.8 Å². The van der Waals surface area contributed by atoms with Gasteiger partial charge in [0.05, 0.1) is 18.9 Å². The van der Waals surface area contributed by atoms with Crippen LogP contribution >= 0.6 is 0 Å². The Morgan fingerprint density at radius 3 is 2.95 bits per heavy atom. The number of aryl methyl sites for hydroxylation is 1. The third-order valence-corrected chi connectivity index (χ3v) is 3.91. The minimum absolute atomic E-state index is 0.123. The van der Waals surface area contributed by atoms with E-state index < -0.39 is 0 Å². The molecular formula is C18H23NO2. The van der Waals surface area contributed by atoms with E-state index in [1.165, 1.54) is 16.5 Å². The number of hydrogen-bond acceptors (Lipinski definition) is 3. The molecule has 1 N–H and O–H groups in total. The molecule has 1 atom stereocenters. The van der Waals surface area contributed by atoms with Gasteiger partial charge in [-0.05, 0) is 56.5 Å². The summed E-state index contributed by atoms with van der Waals surface area (Å²) in [6, 6.07) is 8.60. The summed E-state index contributed by atoms with van der Waals surface area (Å²) >= 11 is 0. The molecule has 3 nitrogen and oxygen atoms in total. The van der Waals surface area contributed by atoms with E-state index in [1.54, 1.807) is 0 Å². The van der Waals surface area contributed by atoms with Crippen LogP contribution in [-0.2, 0) is 4.74 Å². The number of rotatable bonds is 5. The molecule has 0 aliphatic carbocycles. The fourth-order valence-corrected chi connectivity index (χ4v) is 2.83. The molecule has 0 spiro atoms. The van der Waals surface area contributed by atoms with Crippen molar-refractivity contribution in [2.75, 3.05) is 13.2 Å². The van der Waals surface area contributed by atoms with Crippen molar-refractivity contribution in [2.45, 2.75) is 39.2 Å². The molecular weight excluding hydrogens is 262 g/mol. The van der Waals surface area contributed by atoms with E-state index in [-0.39, 0.29) is 6.04 Å². The Morgan fingerprint density at radius 2 is 2.19 bits per heavy atom. The number of benzene rings is 1. The van der Waals surface area contributed by atoms with E-state index in [2.05, 4.69) is 43.4 Å². The molecule has 112 valence electrons. The lowest BCUT2D eigenvalue weighted by atomic mass is 9.99. The predicted octanol–water partition coefficient (Wildman–Crippen LogP) is 4.48. The van der Waals surface area contributed by atoms with E-state index in [4.69, 9.17) is 9.15 Å². The fourth-order valence-electron chi connectivity index (χ4n) is 2.83. The lowest BCUT2D eigenvalue weighted by Gasteiger charge is -2.22. The Balaban J connectivity index is 1.94. The molecule has 0 amide bonds. The van der Waals surface area contributed by atoms with Gasteiger partial charge < -0.3 is 14.5 Å². The largest absolute Gasteiger partial charge is 0.501 e. The standard InChI is InChI=1S/C18H23NO2/c1-3-8-19-18(14-5-4-9-20-12-14)17-11-15-10-13(2)6-7-16(15)21-17/h6-7,10-12,18-19H,3-5,8-9H2,1-2H3. The van der Waals surface area contributed by atoms with Crippen molar-refractivity contribution in [3.8, 4) is 0 Å². The molecule has 1 aliphatic rings. The Morgan fingerprint density at radius 1 is 1.29 bits per heavy atom. The molecule has 3 heteroatoms. The second-order valence-electron chi connectivity index (χ2n) is 5.74. The van der Waals surface area contributed by atoms with Crippen molar-refractivity contribution in [2.24, 2.45) is 0 Å². The zero-order valence-corrected chi connectivity index (χ0v) is 12.8. The van der Waals surface area contributed by atoms with Crippen LogP contribution in [0.25, 0.3) is 11.0 Å². The molecule has 0 bridgehead atoms. The molecule has 1 aliphatic heterocycles. The predicted molar refractivity (Wildman–Crippen MR) is 85.3 cm³/mol. The number of nitrogens with one attached hydrogen (secondary N) is 1. The molecule has 1 unspecified atom stereocenters. The first-order chi connectivity index (χ1) is 10.3. The first kappa shape index (κ1) is 14.2. The zero-order chi connectivity index (χ0) is 14.7. The minimum Gasteiger partial charge on any atom is -0.501 e. The van der Waals surface area contributed by atoms with E-state index in [9.17, 15) is 0 Å². The van der Waals surface area contributed by atoms with Crippen molar-refractivity contribution in [3.05, 3.63) is 47.4 Å². The SMILES string of the molecule is CCCNC(C1=COCCC1)c1cc2cc(C)ccc2o1. The van der Waals surface area contributed by atoms with Gasteiger partial charge in [-0.1, -0.05) is 18.6 Å². The summed E-state index contributed by atoms with van der Waals surface area (Å²) in [6.45, 7) is 6.08. The lowest BCUT2D eigenvalue weighted by molar-refractivity contribution is 0.218. The number of furan rings is 1. The van der Waals surface area contributed by atoms with Gasteiger partial charge in [0.25, 0.3) is 0 Å². The van der Waals surface area contributed by atoms with Gasteiger partial charge in [-0.2, -0.15) is 0 Å². The highest BCUT2D eigenvalue weighted by Crippen LogP contribution is 2.32. The Labute approximate surface area is 126 Å². The molecule has 2 aromatic rings. The van der Waals surface area contributed by atoms with Gasteiger partial charge in [0.15, 0.2) is 0 Å². The first-order valence-electron chi connectivity index (χ1n) is 7.82. The van der Waals surface area contributed by atoms with Gasteiger partial charge in [0, 0.05) is 5.39 Å². The fraction of sp³-hybridized carbons (Fsp3) is 0.444. The van der Waals surface area contributed by atoms with Gasteiger partial charge >= 0.3 is 0 Å². The number of ether oxygens (including phenoxy) is 1. The summed E-state index contributed by atoms with van der Waals surface area (Å²) < 4.78 is 11.6. The van der Waals surface area contributed by atoms with E-state index >= 15 is 0 Å². The van der Waals surface area contributed by atoms with Crippen molar-refractivity contribution in [1.29, 1.82) is 0 Å². The maximum atomic E-state index is 6.08. The van der Waals surface area contributed by atoms with Crippen LogP contribution in [0.1, 0.15) is 43.6 Å². The topological polar surface area (TPSA) is 34.4 Å². The Hall–Kier alpha value is -1.74. The van der Waals surface area contributed by atoms with Gasteiger partial charge in [-0.15, -0.1) is 0 Å². The van der Waals surface area contributed by atoms with Crippen molar-refractivity contribution < 1.29 is 9.15 Å². The summed E-state index contributed by atoms with van der Waals surface area (Å²) in [5, 5.41) is 4.76. The lowest BCUT2D eigenvalue weighted by Crippen LogP contribution is -2.25. The highest BCUT2D eigenvalue weighted by atomic mass is 16.5. The zero-order valence-electron chi connectivity index (χ0n) is 12.8. The highest BCUT2D eigenvalue weighted by molar-refractivity contribution is 5.78. The van der Waals surface area contributed by atoms with Crippen LogP contribution in [0.4, 0.5) is 0 Å². The third kappa shape index (κ3) is 3.13. The Kier molecular flexibility index (Phi) is 4.30. The van der Waals surface area contributed by atoms with Crippen molar-refractivity contribution >= 4 is 11.0 Å². The summed E-state index contributed by atoms with van der Waals surface area (Å²) in [5.74, 6) is 0.987. The summed E-state index contributed by atoms with van der Waals surface area (Å²) in [6.07, 6.45) is 5.16. The molecule has 1 aromatic heterocycles. The average Bonchev–Trinajstić information content (AvgIpc) is 2.91.